The van der Waals surface area contributed by atoms with Crippen molar-refractivity contribution < 1.29 is 56.8 Å². The van der Waals surface area contributed by atoms with Gasteiger partial charge in [-0.25, -0.2) is 9.97 Å². The van der Waals surface area contributed by atoms with Gasteiger partial charge in [0.15, 0.2) is 46.0 Å². The molecule has 2 aliphatic rings. The van der Waals surface area contributed by atoms with Crippen molar-refractivity contribution in [1.82, 2.24) is 19.9 Å². The summed E-state index contributed by atoms with van der Waals surface area (Å²) in [4.78, 5) is 19.3. The first kappa shape index (κ1) is 71.1. The van der Waals surface area contributed by atoms with Gasteiger partial charge in [0.05, 0.1) is 202 Å². The second-order valence-corrected chi connectivity index (χ2v) is 30.5. The van der Waals surface area contributed by atoms with Gasteiger partial charge in [-0.2, -0.15) is 0 Å². The number of halogens is 16. The summed E-state index contributed by atoms with van der Waals surface area (Å²) < 4.78 is 80.9. The number of methoxy groups -OCH3 is 12. The van der Waals surface area contributed by atoms with Gasteiger partial charge in [-0.05, 0) is 255 Å². The quantitative estimate of drug-likeness (QED) is 0.0937. The third-order valence-corrected chi connectivity index (χ3v) is 28.3. The van der Waals surface area contributed by atoms with Crippen molar-refractivity contribution in [2.24, 2.45) is 0 Å². The highest BCUT2D eigenvalue weighted by atomic mass is 79.9. The van der Waals surface area contributed by atoms with E-state index in [9.17, 15) is 0 Å². The normalized spacial score (nSPS) is 12.2. The Balaban J connectivity index is 1.77. The lowest BCUT2D eigenvalue weighted by atomic mass is 10.0. The van der Waals surface area contributed by atoms with Crippen LogP contribution in [-0.2, 0) is 0 Å². The van der Waals surface area contributed by atoms with Crippen LogP contribution >= 0.6 is 255 Å². The number of benzene rings is 4. The Bertz CT molecular complexity index is 3750. The Morgan fingerprint density at radius 3 is 0.455 bits per heavy atom. The summed E-state index contributed by atoms with van der Waals surface area (Å²) in [7, 11) is 18.4. The van der Waals surface area contributed by atoms with Crippen LogP contribution in [0.1, 0.15) is 22.8 Å². The van der Waals surface area contributed by atoms with Gasteiger partial charge in [0, 0.05) is 44.5 Å². The molecule has 0 amide bonds. The maximum absolute atomic E-state index is 6.16. The fourth-order valence-corrected chi connectivity index (χ4v) is 21.0. The van der Waals surface area contributed by atoms with Crippen LogP contribution in [0.2, 0.25) is 0 Å². The molecular formula is C56H38Br16N4O12. The van der Waals surface area contributed by atoms with Crippen molar-refractivity contribution in [2.75, 3.05) is 85.3 Å². The van der Waals surface area contributed by atoms with Crippen LogP contribution in [0.3, 0.4) is 0 Å². The van der Waals surface area contributed by atoms with E-state index in [1.54, 1.807) is 0 Å². The Morgan fingerprint density at radius 1 is 0.193 bits per heavy atom. The molecule has 4 aromatic carbocycles. The third kappa shape index (κ3) is 11.2. The highest BCUT2D eigenvalue weighted by molar-refractivity contribution is 9.19. The summed E-state index contributed by atoms with van der Waals surface area (Å²) in [5.41, 5.74) is 7.37. The molecule has 0 saturated carbocycles. The summed E-state index contributed by atoms with van der Waals surface area (Å²) in [5.74, 6) is 3.69. The molecule has 0 aliphatic carbocycles. The highest BCUT2D eigenvalue weighted by Crippen LogP contribution is 2.64. The first-order valence-electron chi connectivity index (χ1n) is 24.3. The monoisotopic (exact) mass is 2220 g/mol. The topological polar surface area (TPSA) is 168 Å². The zero-order valence-electron chi connectivity index (χ0n) is 46.8. The number of nitrogens with zero attached hydrogens (tertiary/aromatic N) is 2. The van der Waals surface area contributed by atoms with Crippen molar-refractivity contribution in [3.63, 3.8) is 0 Å². The molecule has 466 valence electrons. The molecule has 9 rings (SSSR count). The molecule has 0 saturated heterocycles. The van der Waals surface area contributed by atoms with Gasteiger partial charge in [0.2, 0.25) is 23.0 Å². The summed E-state index contributed by atoms with van der Waals surface area (Å²) >= 11 is 64.7. The number of ether oxygens (including phenoxy) is 12. The molecule has 7 aromatic rings. The standard InChI is InChI=1S/C56H38Br16N4O12/c1-77-45-21(57)13(22(58)46(78-2)53(45)85-9)17-37-29(65)31(67)39(73-37)18(14-23(59)47(79-3)54(86-10)48(80-4)24(14)60)41-33(69)35(71)43(75-41)20(16-27(63)51(83-7)56(88-12)52(84-8)28(16)64)44-36(72)34(70)42(76-44)19(40-32(68)30(66)38(17)74-40)15-25(61)49(81-5)55(87-11)50(82-6)26(15)62/h73,76H,1-12H3. The summed E-state index contributed by atoms with van der Waals surface area (Å²) in [6.07, 6.45) is 0. The Hall–Kier alpha value is -1.24. The summed E-state index contributed by atoms with van der Waals surface area (Å²) in [5, 5.41) is 0. The van der Waals surface area contributed by atoms with Gasteiger partial charge in [0.25, 0.3) is 0 Å². The Kier molecular flexibility index (Phi) is 23.1. The molecule has 16 nitrogen and oxygen atoms in total. The van der Waals surface area contributed by atoms with Gasteiger partial charge >= 0.3 is 0 Å². The van der Waals surface area contributed by atoms with Crippen molar-refractivity contribution in [3.8, 4) is 114 Å². The van der Waals surface area contributed by atoms with E-state index in [0.29, 0.717) is 230 Å². The lowest BCUT2D eigenvalue weighted by molar-refractivity contribution is 0.322. The minimum absolute atomic E-state index is 0.304. The summed E-state index contributed by atoms with van der Waals surface area (Å²) in [6.45, 7) is 0. The number of nitrogens with one attached hydrogen (secondary N) is 2. The van der Waals surface area contributed by atoms with E-state index < -0.39 is 0 Å². The molecule has 5 heterocycles. The van der Waals surface area contributed by atoms with Gasteiger partial charge in [-0.3, -0.25) is 0 Å². The molecule has 2 N–H and O–H groups in total. The number of aromatic amines is 2. The van der Waals surface area contributed by atoms with Crippen LogP contribution < -0.4 is 56.8 Å². The molecule has 0 radical (unpaired) electrons. The molecule has 88 heavy (non-hydrogen) atoms. The van der Waals surface area contributed by atoms with Crippen molar-refractivity contribution in [1.29, 1.82) is 0 Å². The number of aromatic nitrogens is 4. The number of hydrogen-bond acceptors (Lipinski definition) is 14. The lowest BCUT2D eigenvalue weighted by Gasteiger charge is -2.20. The van der Waals surface area contributed by atoms with Gasteiger partial charge in [-0.1, -0.05) is 0 Å². The number of hydrogen-bond donors (Lipinski definition) is 2. The fourth-order valence-electron chi connectivity index (χ4n) is 10.1. The van der Waals surface area contributed by atoms with Gasteiger partial charge in [0.1, 0.15) is 0 Å². The van der Waals surface area contributed by atoms with E-state index >= 15 is 0 Å². The maximum Gasteiger partial charge on any atom is 0.205 e. The Labute approximate surface area is 638 Å². The average molecular weight is 2240 g/mol. The number of H-pyrrole nitrogens is 2. The van der Waals surface area contributed by atoms with E-state index in [-0.39, 0.29) is 0 Å². The molecule has 0 spiro atoms. The predicted octanol–water partition coefficient (Wildman–Crippen LogP) is 23.5. The molecule has 2 aliphatic heterocycles. The maximum atomic E-state index is 6.16. The average Bonchev–Trinajstić information content (AvgIpc) is 1.55. The number of rotatable bonds is 16. The van der Waals surface area contributed by atoms with Crippen molar-refractivity contribution in [2.45, 2.75) is 0 Å². The van der Waals surface area contributed by atoms with Crippen LogP contribution in [0, 0.1) is 0 Å². The third-order valence-electron chi connectivity index (χ3n) is 13.8. The molecule has 0 unspecified atom stereocenters. The van der Waals surface area contributed by atoms with Crippen LogP contribution in [0.5, 0.6) is 69.0 Å². The van der Waals surface area contributed by atoms with Gasteiger partial charge < -0.3 is 66.8 Å². The summed E-state index contributed by atoms with van der Waals surface area (Å²) in [6, 6.07) is 0. The van der Waals surface area contributed by atoms with E-state index in [4.69, 9.17) is 66.8 Å². The van der Waals surface area contributed by atoms with Crippen molar-refractivity contribution in [3.05, 3.63) is 76.4 Å². The first-order chi connectivity index (χ1) is 41.9. The molecule has 32 heteroatoms. The van der Waals surface area contributed by atoms with Crippen LogP contribution in [0.15, 0.2) is 53.7 Å². The lowest BCUT2D eigenvalue weighted by Crippen LogP contribution is -2.01. The van der Waals surface area contributed by atoms with Crippen LogP contribution in [0.4, 0.5) is 0 Å². The van der Waals surface area contributed by atoms with E-state index in [1.807, 2.05) is 0 Å². The van der Waals surface area contributed by atoms with E-state index in [2.05, 4.69) is 265 Å². The molecule has 8 bridgehead atoms. The SMILES string of the molecule is COc1c(Br)c(-c2c3nc(c(-c4c(Br)c(OC)c(OC)c(OC)c4Br)c4[nH]c(c(Br)c4Br)c(-c4c(Br)c(OC)c(OC)c(OC)c4Br)c4nc(c(-c5c(Br)c(OC)c(OC)c(OC)c5Br)c5[nH]c2c(Br)c5Br)C(Br)=C4Br)C(Br)=C3Br)c(Br)c(OC)c1OC. The predicted molar refractivity (Wildman–Crippen MR) is 403 cm³/mol. The fraction of sp³-hybridized carbons (Fsp3) is 0.214. The zero-order chi connectivity index (χ0) is 64.7. The second kappa shape index (κ2) is 28.6. The molecule has 0 fully saturated rings. The highest BCUT2D eigenvalue weighted by Gasteiger charge is 2.39. The molecule has 0 atom stereocenters. The second-order valence-electron chi connectivity index (χ2n) is 17.8. The Morgan fingerprint density at radius 2 is 0.330 bits per heavy atom. The molecule has 3 aromatic heterocycles. The smallest absolute Gasteiger partial charge is 0.205 e. The van der Waals surface area contributed by atoms with E-state index in [0.717, 1.165) is 0 Å². The van der Waals surface area contributed by atoms with Gasteiger partial charge in [-0.15, -0.1) is 0 Å². The van der Waals surface area contributed by atoms with Crippen LogP contribution in [-0.4, -0.2) is 105 Å². The number of fused-ring (bicyclic) bond motifs is 8. The zero-order valence-corrected chi connectivity index (χ0v) is 72.2. The minimum Gasteiger partial charge on any atom is -0.492 e. The van der Waals surface area contributed by atoms with Crippen LogP contribution in [0.25, 0.3) is 84.5 Å². The van der Waals surface area contributed by atoms with E-state index in [1.165, 1.54) is 85.3 Å². The molecular weight excluding hydrogens is 2200 g/mol. The first-order valence-corrected chi connectivity index (χ1v) is 37.0. The largest absolute Gasteiger partial charge is 0.492 e. The minimum atomic E-state index is 0.304. The van der Waals surface area contributed by atoms with Crippen molar-refractivity contribution >= 4 is 295 Å².